The molecule has 7 heteroatoms. The molecule has 0 spiro atoms. The number of anilines is 1. The Balaban J connectivity index is 1.65. The van der Waals surface area contributed by atoms with Crippen LogP contribution in [0.5, 0.6) is 0 Å². The Labute approximate surface area is 103 Å². The predicted molar refractivity (Wildman–Crippen MR) is 63.3 cm³/mol. The van der Waals surface area contributed by atoms with Crippen molar-refractivity contribution >= 4 is 5.82 Å². The van der Waals surface area contributed by atoms with Crippen molar-refractivity contribution in [1.82, 2.24) is 19.7 Å². The molecule has 2 aromatic rings. The van der Waals surface area contributed by atoms with Crippen LogP contribution in [0.3, 0.4) is 0 Å². The third kappa shape index (κ3) is 2.24. The van der Waals surface area contributed by atoms with Crippen LogP contribution in [-0.4, -0.2) is 26.2 Å². The Kier molecular flexibility index (Phi) is 2.79. The van der Waals surface area contributed by atoms with E-state index in [9.17, 15) is 4.79 Å². The normalized spacial score (nSPS) is 14.7. The smallest absolute Gasteiger partial charge is 0.293 e. The lowest BCUT2D eigenvalue weighted by molar-refractivity contribution is 0.379. The molecule has 0 atom stereocenters. The zero-order valence-electron chi connectivity index (χ0n) is 9.74. The van der Waals surface area contributed by atoms with Gasteiger partial charge in [0, 0.05) is 31.4 Å². The molecular weight excluding hydrogens is 234 g/mol. The van der Waals surface area contributed by atoms with Crippen LogP contribution >= 0.6 is 0 Å². The molecule has 1 aliphatic carbocycles. The van der Waals surface area contributed by atoms with E-state index < -0.39 is 0 Å². The van der Waals surface area contributed by atoms with Gasteiger partial charge in [0.25, 0.3) is 5.56 Å². The van der Waals surface area contributed by atoms with Gasteiger partial charge < -0.3 is 14.4 Å². The maximum Gasteiger partial charge on any atom is 0.293 e. The molecule has 1 fully saturated rings. The molecule has 0 unspecified atom stereocenters. The topological polar surface area (TPSA) is 85.8 Å². The number of nitrogens with one attached hydrogen (secondary N) is 1. The molecule has 2 aromatic heterocycles. The summed E-state index contributed by atoms with van der Waals surface area (Å²) in [6.07, 6.45) is 7.46. The molecule has 18 heavy (non-hydrogen) atoms. The van der Waals surface area contributed by atoms with Gasteiger partial charge in [-0.1, -0.05) is 5.16 Å². The monoisotopic (exact) mass is 247 g/mol. The van der Waals surface area contributed by atoms with Crippen LogP contribution in [0.15, 0.2) is 28.0 Å². The maximum absolute atomic E-state index is 12.0. The number of rotatable bonds is 5. The molecule has 0 aliphatic heterocycles. The summed E-state index contributed by atoms with van der Waals surface area (Å²) in [5, 5.41) is 6.52. The fourth-order valence-corrected chi connectivity index (χ4v) is 1.78. The van der Waals surface area contributed by atoms with Crippen molar-refractivity contribution in [1.29, 1.82) is 0 Å². The molecule has 94 valence electrons. The van der Waals surface area contributed by atoms with Crippen molar-refractivity contribution in [3.05, 3.63) is 35.0 Å². The molecule has 0 aromatic carbocycles. The summed E-state index contributed by atoms with van der Waals surface area (Å²) in [7, 11) is 0. The second-order valence-corrected chi connectivity index (χ2v) is 4.23. The zero-order valence-corrected chi connectivity index (χ0v) is 9.74. The van der Waals surface area contributed by atoms with Gasteiger partial charge in [-0.2, -0.15) is 4.98 Å². The van der Waals surface area contributed by atoms with E-state index in [1.165, 1.54) is 6.33 Å². The zero-order chi connectivity index (χ0) is 12.4. The number of nitrogens with zero attached hydrogens (tertiary/aromatic N) is 4. The molecule has 7 nitrogen and oxygen atoms in total. The third-order valence-electron chi connectivity index (χ3n) is 2.85. The van der Waals surface area contributed by atoms with Gasteiger partial charge in [-0.25, -0.2) is 4.98 Å². The van der Waals surface area contributed by atoms with E-state index in [0.29, 0.717) is 30.7 Å². The molecule has 0 saturated heterocycles. The molecule has 1 aliphatic rings. The van der Waals surface area contributed by atoms with Gasteiger partial charge in [-0.15, -0.1) is 0 Å². The molecular formula is C11H13N5O2. The quantitative estimate of drug-likeness (QED) is 0.833. The first-order valence-electron chi connectivity index (χ1n) is 5.91. The van der Waals surface area contributed by atoms with E-state index in [0.717, 1.165) is 12.8 Å². The van der Waals surface area contributed by atoms with E-state index in [1.54, 1.807) is 17.0 Å². The average molecular weight is 247 g/mol. The first-order valence-corrected chi connectivity index (χ1v) is 5.91. The Morgan fingerprint density at radius 1 is 1.44 bits per heavy atom. The second kappa shape index (κ2) is 4.59. The minimum Gasteiger partial charge on any atom is -0.365 e. The molecule has 3 rings (SSSR count). The van der Waals surface area contributed by atoms with Crippen LogP contribution in [0, 0.1) is 0 Å². The Hall–Kier alpha value is -2.18. The van der Waals surface area contributed by atoms with E-state index in [-0.39, 0.29) is 5.56 Å². The Bertz CT molecular complexity index is 573. The lowest BCUT2D eigenvalue weighted by Gasteiger charge is -2.06. The number of hydrogen-bond acceptors (Lipinski definition) is 6. The molecule has 0 radical (unpaired) electrons. The van der Waals surface area contributed by atoms with E-state index >= 15 is 0 Å². The Morgan fingerprint density at radius 3 is 3.06 bits per heavy atom. The summed E-state index contributed by atoms with van der Waals surface area (Å²) < 4.78 is 6.61. The van der Waals surface area contributed by atoms with Crippen molar-refractivity contribution in [3.63, 3.8) is 0 Å². The highest BCUT2D eigenvalue weighted by atomic mass is 16.5. The summed E-state index contributed by atoms with van der Waals surface area (Å²) >= 11 is 0. The van der Waals surface area contributed by atoms with E-state index in [4.69, 9.17) is 4.52 Å². The highest BCUT2D eigenvalue weighted by Gasteiger charge is 2.25. The summed E-state index contributed by atoms with van der Waals surface area (Å²) in [6, 6.07) is 0.358. The number of aromatic nitrogens is 4. The van der Waals surface area contributed by atoms with E-state index in [2.05, 4.69) is 20.4 Å². The molecule has 0 amide bonds. The van der Waals surface area contributed by atoms with Crippen molar-refractivity contribution in [2.75, 3.05) is 11.9 Å². The number of hydrogen-bond donors (Lipinski definition) is 1. The standard InChI is InChI=1S/C11H13N5O2/c17-11-10(12-4-3-9-14-7-15-18-9)13-5-6-16(11)8-1-2-8/h5-8H,1-4H2,(H,12,13). The third-order valence-corrected chi connectivity index (χ3v) is 2.85. The van der Waals surface area contributed by atoms with Gasteiger partial charge in [-0.05, 0) is 12.8 Å². The lowest BCUT2D eigenvalue weighted by atomic mass is 10.4. The lowest BCUT2D eigenvalue weighted by Crippen LogP contribution is -2.24. The van der Waals surface area contributed by atoms with Crippen molar-refractivity contribution < 1.29 is 4.52 Å². The van der Waals surface area contributed by atoms with Gasteiger partial charge >= 0.3 is 0 Å². The van der Waals surface area contributed by atoms with Gasteiger partial charge in [0.1, 0.15) is 0 Å². The minimum absolute atomic E-state index is 0.0643. The summed E-state index contributed by atoms with van der Waals surface area (Å²) in [4.78, 5) is 20.0. The Morgan fingerprint density at radius 2 is 2.33 bits per heavy atom. The van der Waals surface area contributed by atoms with Crippen molar-refractivity contribution in [2.45, 2.75) is 25.3 Å². The van der Waals surface area contributed by atoms with Crippen LogP contribution in [0.2, 0.25) is 0 Å². The summed E-state index contributed by atoms with van der Waals surface area (Å²) in [5.41, 5.74) is -0.0643. The van der Waals surface area contributed by atoms with Crippen LogP contribution in [0.1, 0.15) is 24.8 Å². The van der Waals surface area contributed by atoms with Crippen molar-refractivity contribution in [2.24, 2.45) is 0 Å². The van der Waals surface area contributed by atoms with Crippen LogP contribution in [0.25, 0.3) is 0 Å². The van der Waals surface area contributed by atoms with Gasteiger partial charge in [0.2, 0.25) is 5.89 Å². The summed E-state index contributed by atoms with van der Waals surface area (Å²) in [5.74, 6) is 0.921. The fourth-order valence-electron chi connectivity index (χ4n) is 1.78. The molecule has 2 heterocycles. The molecule has 1 N–H and O–H groups in total. The first-order chi connectivity index (χ1) is 8.84. The van der Waals surface area contributed by atoms with Crippen LogP contribution < -0.4 is 10.9 Å². The van der Waals surface area contributed by atoms with E-state index in [1.807, 2.05) is 0 Å². The largest absolute Gasteiger partial charge is 0.365 e. The van der Waals surface area contributed by atoms with Gasteiger partial charge in [0.15, 0.2) is 12.1 Å². The van der Waals surface area contributed by atoms with Crippen LogP contribution in [-0.2, 0) is 6.42 Å². The predicted octanol–water partition coefficient (Wildman–Crippen LogP) is 0.616. The minimum atomic E-state index is -0.0643. The summed E-state index contributed by atoms with van der Waals surface area (Å²) in [6.45, 7) is 0.541. The van der Waals surface area contributed by atoms with Crippen LogP contribution in [0.4, 0.5) is 5.82 Å². The fraction of sp³-hybridized carbons (Fsp3) is 0.455. The molecule has 1 saturated carbocycles. The maximum atomic E-state index is 12.0. The van der Waals surface area contributed by atoms with Crippen molar-refractivity contribution in [3.8, 4) is 0 Å². The van der Waals surface area contributed by atoms with Gasteiger partial charge in [-0.3, -0.25) is 4.79 Å². The first kappa shape index (κ1) is 10.9. The molecule has 0 bridgehead atoms. The highest BCUT2D eigenvalue weighted by Crippen LogP contribution is 2.33. The second-order valence-electron chi connectivity index (χ2n) is 4.23. The average Bonchev–Trinajstić information content (AvgIpc) is 3.09. The highest BCUT2D eigenvalue weighted by molar-refractivity contribution is 5.31. The van der Waals surface area contributed by atoms with Gasteiger partial charge in [0.05, 0.1) is 0 Å². The SMILES string of the molecule is O=c1c(NCCc2ncno2)nccn1C1CC1.